The number of hydrogen-bond donors (Lipinski definition) is 1. The van der Waals surface area contributed by atoms with Crippen LogP contribution in [0.5, 0.6) is 0 Å². The van der Waals surface area contributed by atoms with Crippen LogP contribution in [-0.2, 0) is 12.7 Å². The van der Waals surface area contributed by atoms with Gasteiger partial charge in [0.15, 0.2) is 0 Å². The third kappa shape index (κ3) is 3.67. The van der Waals surface area contributed by atoms with Crippen LogP contribution in [-0.4, -0.2) is 30.1 Å². The number of alkyl halides is 3. The molecule has 1 fully saturated rings. The molecule has 2 aromatic carbocycles. The van der Waals surface area contributed by atoms with Crippen molar-refractivity contribution in [3.8, 4) is 0 Å². The van der Waals surface area contributed by atoms with Crippen molar-refractivity contribution in [3.63, 3.8) is 0 Å². The van der Waals surface area contributed by atoms with E-state index >= 15 is 0 Å². The zero-order valence-electron chi connectivity index (χ0n) is 13.3. The van der Waals surface area contributed by atoms with E-state index in [2.05, 4.69) is 24.1 Å². The van der Waals surface area contributed by atoms with Gasteiger partial charge in [0.05, 0.1) is 5.56 Å². The van der Waals surface area contributed by atoms with Crippen LogP contribution in [0, 0.1) is 0 Å². The van der Waals surface area contributed by atoms with E-state index in [-0.39, 0.29) is 0 Å². The predicted molar refractivity (Wildman–Crippen MR) is 86.3 cm³/mol. The van der Waals surface area contributed by atoms with E-state index in [0.717, 1.165) is 36.7 Å². The summed E-state index contributed by atoms with van der Waals surface area (Å²) in [7, 11) is 0. The van der Waals surface area contributed by atoms with Gasteiger partial charge in [-0.25, -0.2) is 0 Å². The third-order valence-electron chi connectivity index (χ3n) is 4.51. The molecule has 5 heteroatoms. The molecule has 0 spiro atoms. The van der Waals surface area contributed by atoms with E-state index in [1.807, 2.05) is 12.1 Å². The van der Waals surface area contributed by atoms with Crippen molar-refractivity contribution in [2.75, 3.05) is 13.1 Å². The molecule has 2 nitrogen and oxygen atoms in total. The molecule has 0 saturated carbocycles. The molecule has 0 unspecified atom stereocenters. The Kier molecular flexibility index (Phi) is 4.34. The lowest BCUT2D eigenvalue weighted by molar-refractivity contribution is -0.137. The van der Waals surface area contributed by atoms with Gasteiger partial charge in [-0.15, -0.1) is 0 Å². The van der Waals surface area contributed by atoms with Crippen molar-refractivity contribution in [3.05, 3.63) is 47.5 Å². The van der Waals surface area contributed by atoms with Crippen LogP contribution in [0.1, 0.15) is 25.0 Å². The van der Waals surface area contributed by atoms with E-state index in [1.165, 1.54) is 6.07 Å². The van der Waals surface area contributed by atoms with E-state index in [9.17, 15) is 13.2 Å². The molecule has 1 aliphatic heterocycles. The number of nitrogens with zero attached hydrogens (tertiary/aromatic N) is 1. The first kappa shape index (κ1) is 16.3. The second kappa shape index (κ2) is 6.13. The molecular weight excluding hydrogens is 301 g/mol. The molecular formula is C18H21F3N2. The Bertz CT molecular complexity index is 696. The van der Waals surface area contributed by atoms with Crippen LogP contribution in [0.25, 0.3) is 10.8 Å². The molecule has 124 valence electrons. The lowest BCUT2D eigenvalue weighted by atomic mass is 10.0. The fourth-order valence-corrected chi connectivity index (χ4v) is 3.12. The highest BCUT2D eigenvalue weighted by atomic mass is 19.4. The first-order chi connectivity index (χ1) is 10.8. The van der Waals surface area contributed by atoms with Crippen molar-refractivity contribution in [2.45, 2.75) is 38.7 Å². The molecule has 1 aliphatic rings. The molecule has 0 bridgehead atoms. The maximum atomic E-state index is 12.8. The summed E-state index contributed by atoms with van der Waals surface area (Å²) >= 11 is 0. The van der Waals surface area contributed by atoms with Gasteiger partial charge >= 0.3 is 6.18 Å². The third-order valence-corrected chi connectivity index (χ3v) is 4.51. The zero-order chi connectivity index (χ0) is 16.6. The molecule has 23 heavy (non-hydrogen) atoms. The topological polar surface area (TPSA) is 15.3 Å². The molecule has 2 atom stereocenters. The molecule has 1 N–H and O–H groups in total. The average Bonchev–Trinajstić information content (AvgIpc) is 2.49. The highest BCUT2D eigenvalue weighted by Gasteiger charge is 2.30. The number of hydrogen-bond acceptors (Lipinski definition) is 2. The van der Waals surface area contributed by atoms with E-state index in [1.54, 1.807) is 12.1 Å². The van der Waals surface area contributed by atoms with Crippen LogP contribution in [0.3, 0.4) is 0 Å². The zero-order valence-corrected chi connectivity index (χ0v) is 13.3. The first-order valence-corrected chi connectivity index (χ1v) is 7.90. The highest BCUT2D eigenvalue weighted by Crippen LogP contribution is 2.31. The fraction of sp³-hybridized carbons (Fsp3) is 0.444. The molecule has 3 rings (SSSR count). The largest absolute Gasteiger partial charge is 0.416 e. The minimum absolute atomic E-state index is 0.453. The smallest absolute Gasteiger partial charge is 0.311 e. The Morgan fingerprint density at radius 3 is 2.52 bits per heavy atom. The lowest BCUT2D eigenvalue weighted by Gasteiger charge is -2.37. The molecule has 1 heterocycles. The Labute approximate surface area is 134 Å². The van der Waals surface area contributed by atoms with E-state index in [4.69, 9.17) is 0 Å². The fourth-order valence-electron chi connectivity index (χ4n) is 3.12. The summed E-state index contributed by atoms with van der Waals surface area (Å²) in [6, 6.07) is 10.6. The summed E-state index contributed by atoms with van der Waals surface area (Å²) in [6.07, 6.45) is -4.29. The molecule has 0 amide bonds. The summed E-state index contributed by atoms with van der Waals surface area (Å²) in [6.45, 7) is 7.12. The van der Waals surface area contributed by atoms with Gasteiger partial charge in [0, 0.05) is 31.7 Å². The summed E-state index contributed by atoms with van der Waals surface area (Å²) in [4.78, 5) is 2.41. The monoisotopic (exact) mass is 322 g/mol. The van der Waals surface area contributed by atoms with Crippen molar-refractivity contribution < 1.29 is 13.2 Å². The van der Waals surface area contributed by atoms with E-state index in [0.29, 0.717) is 17.5 Å². The first-order valence-electron chi connectivity index (χ1n) is 7.90. The summed E-state index contributed by atoms with van der Waals surface area (Å²) < 4.78 is 38.3. The number of fused-ring (bicyclic) bond motifs is 1. The Hall–Kier alpha value is -1.59. The van der Waals surface area contributed by atoms with Gasteiger partial charge in [0.2, 0.25) is 0 Å². The predicted octanol–water partition coefficient (Wildman–Crippen LogP) is 4.04. The Morgan fingerprint density at radius 2 is 1.78 bits per heavy atom. The second-order valence-electron chi connectivity index (χ2n) is 6.48. The van der Waals surface area contributed by atoms with Crippen molar-refractivity contribution >= 4 is 10.8 Å². The normalized spacial score (nSPS) is 23.3. The van der Waals surface area contributed by atoms with Crippen LogP contribution in [0.2, 0.25) is 0 Å². The quantitative estimate of drug-likeness (QED) is 0.898. The number of rotatable bonds is 2. The number of nitrogens with one attached hydrogen (secondary N) is 1. The van der Waals surface area contributed by atoms with Gasteiger partial charge in [-0.3, -0.25) is 4.90 Å². The Morgan fingerprint density at radius 1 is 1.09 bits per heavy atom. The van der Waals surface area contributed by atoms with Crippen LogP contribution >= 0.6 is 0 Å². The molecule has 0 aromatic heterocycles. The molecule has 1 saturated heterocycles. The maximum Gasteiger partial charge on any atom is 0.416 e. The van der Waals surface area contributed by atoms with Gasteiger partial charge in [0.25, 0.3) is 0 Å². The molecule has 2 aromatic rings. The lowest BCUT2D eigenvalue weighted by Crippen LogP contribution is -2.53. The Balaban J connectivity index is 1.83. The maximum absolute atomic E-state index is 12.8. The SMILES string of the molecule is C[C@@H]1CN(Cc2ccc3cc(C(F)(F)F)ccc3c2)[C@@H](C)CN1. The molecule has 0 aliphatic carbocycles. The summed E-state index contributed by atoms with van der Waals surface area (Å²) in [5.74, 6) is 0. The van der Waals surface area contributed by atoms with Gasteiger partial charge < -0.3 is 5.32 Å². The second-order valence-corrected chi connectivity index (χ2v) is 6.48. The highest BCUT2D eigenvalue weighted by molar-refractivity contribution is 5.84. The van der Waals surface area contributed by atoms with Gasteiger partial charge in [-0.2, -0.15) is 13.2 Å². The standard InChI is InChI=1S/C18H21F3N2/c1-12-10-23(13(2)9-22-12)11-14-3-4-16-8-17(18(19,20)21)6-5-15(16)7-14/h3-8,12-13,22H,9-11H2,1-2H3/t12-,13+/m1/s1. The van der Waals surface area contributed by atoms with Gasteiger partial charge in [0.1, 0.15) is 0 Å². The van der Waals surface area contributed by atoms with Crippen molar-refractivity contribution in [1.29, 1.82) is 0 Å². The minimum Gasteiger partial charge on any atom is -0.311 e. The average molecular weight is 322 g/mol. The number of halogens is 3. The van der Waals surface area contributed by atoms with Crippen LogP contribution in [0.15, 0.2) is 36.4 Å². The van der Waals surface area contributed by atoms with Crippen molar-refractivity contribution in [1.82, 2.24) is 10.2 Å². The van der Waals surface area contributed by atoms with E-state index < -0.39 is 11.7 Å². The van der Waals surface area contributed by atoms with Gasteiger partial charge in [-0.1, -0.05) is 18.2 Å². The summed E-state index contributed by atoms with van der Waals surface area (Å²) in [5.41, 5.74) is 0.542. The summed E-state index contributed by atoms with van der Waals surface area (Å²) in [5, 5.41) is 4.93. The van der Waals surface area contributed by atoms with Crippen LogP contribution < -0.4 is 5.32 Å². The van der Waals surface area contributed by atoms with Crippen molar-refractivity contribution in [2.24, 2.45) is 0 Å². The number of benzene rings is 2. The molecule has 0 radical (unpaired) electrons. The number of piperazine rings is 1. The minimum atomic E-state index is -4.29. The van der Waals surface area contributed by atoms with Crippen LogP contribution in [0.4, 0.5) is 13.2 Å². The van der Waals surface area contributed by atoms with Gasteiger partial charge in [-0.05, 0) is 48.4 Å².